The van der Waals surface area contributed by atoms with E-state index >= 15 is 0 Å². The molecule has 0 bridgehead atoms. The first-order valence-corrected chi connectivity index (χ1v) is 5.83. The van der Waals surface area contributed by atoms with Gasteiger partial charge in [0.05, 0.1) is 0 Å². The van der Waals surface area contributed by atoms with E-state index in [1.807, 2.05) is 5.43 Å². The molecule has 4 heteroatoms. The summed E-state index contributed by atoms with van der Waals surface area (Å²) in [5, 5.41) is 0. The molecule has 16 heavy (non-hydrogen) atoms. The number of carbonyl (C=O) groups excluding carboxylic acids is 1. The Morgan fingerprint density at radius 3 is 2.25 bits per heavy atom. The van der Waals surface area contributed by atoms with E-state index < -0.39 is 0 Å². The number of nitrogens with one attached hydrogen (secondary N) is 1. The van der Waals surface area contributed by atoms with Crippen LogP contribution in [-0.4, -0.2) is 11.4 Å². The molecule has 0 spiro atoms. The highest BCUT2D eigenvalue weighted by Crippen LogP contribution is 2.22. The molecule has 1 atom stereocenters. The van der Waals surface area contributed by atoms with Crippen LogP contribution in [0.1, 0.15) is 47.0 Å². The maximum absolute atomic E-state index is 11.1. The Morgan fingerprint density at radius 2 is 1.94 bits per heavy atom. The highest BCUT2D eigenvalue weighted by molar-refractivity contribution is 5.85. The Labute approximate surface area is 105 Å². The molecule has 1 amide bonds. The van der Waals surface area contributed by atoms with Crippen molar-refractivity contribution in [3.05, 3.63) is 12.7 Å². The Hall–Kier alpha value is -0.540. The van der Waals surface area contributed by atoms with Gasteiger partial charge in [-0.25, -0.2) is 10.9 Å². The van der Waals surface area contributed by atoms with Crippen LogP contribution >= 0.6 is 0 Å². The average molecular weight is 249 g/mol. The van der Waals surface area contributed by atoms with Crippen LogP contribution in [-0.2, 0) is 4.79 Å². The Bertz CT molecular complexity index is 215. The molecule has 0 aromatic carbocycles. The second-order valence-corrected chi connectivity index (χ2v) is 4.11. The summed E-state index contributed by atoms with van der Waals surface area (Å²) in [5.41, 5.74) is 4.89. The lowest BCUT2D eigenvalue weighted by Gasteiger charge is -2.34. The molecule has 0 fully saturated rings. The van der Waals surface area contributed by atoms with Gasteiger partial charge in [-0.15, -0.1) is 0 Å². The number of rotatable bonds is 7. The van der Waals surface area contributed by atoms with Crippen molar-refractivity contribution in [3.63, 3.8) is 0 Å². The molecule has 0 aliphatic heterocycles. The van der Waals surface area contributed by atoms with Gasteiger partial charge in [0, 0.05) is 24.8 Å². The molecule has 0 aliphatic rings. The standard InChI is InChI=1S/C12H24N2O.ClH/c1-6-10(5)12(8-3,9-4)14-13-11(15)7-2;/h7,10,14H,2,6,8-9H2,1,3-5H3,(H,13,15);1H. The second-order valence-electron chi connectivity index (χ2n) is 4.11. The molecule has 3 nitrogen and oxygen atoms in total. The molecule has 0 saturated heterocycles. The Balaban J connectivity index is 0. The number of nitrogens with two attached hydrogens (primary N) is 1. The summed E-state index contributed by atoms with van der Waals surface area (Å²) in [7, 11) is 0. The van der Waals surface area contributed by atoms with Gasteiger partial charge >= 0.3 is 0 Å². The molecule has 0 heterocycles. The van der Waals surface area contributed by atoms with Crippen molar-refractivity contribution in [1.29, 1.82) is 0 Å². The van der Waals surface area contributed by atoms with E-state index in [0.29, 0.717) is 5.92 Å². The molecule has 0 saturated carbocycles. The van der Waals surface area contributed by atoms with Crippen molar-refractivity contribution < 1.29 is 22.6 Å². The summed E-state index contributed by atoms with van der Waals surface area (Å²) in [5.74, 6) is 0.460. The number of hydrogen-bond donors (Lipinski definition) is 2. The fourth-order valence-electron chi connectivity index (χ4n) is 1.97. The molecule has 1 unspecified atom stereocenters. The number of amides is 1. The summed E-state index contributed by atoms with van der Waals surface area (Å²) < 4.78 is 0. The fourth-order valence-corrected chi connectivity index (χ4v) is 1.97. The van der Waals surface area contributed by atoms with Crippen molar-refractivity contribution in [2.24, 2.45) is 5.92 Å². The predicted octanol–water partition coefficient (Wildman–Crippen LogP) is -1.62. The van der Waals surface area contributed by atoms with Gasteiger partial charge in [-0.05, 0) is 6.42 Å². The van der Waals surface area contributed by atoms with E-state index in [2.05, 4.69) is 39.7 Å². The number of carbonyl (C=O) groups is 1. The van der Waals surface area contributed by atoms with Crippen LogP contribution in [0.5, 0.6) is 0 Å². The molecular weight excluding hydrogens is 224 g/mol. The van der Waals surface area contributed by atoms with Crippen LogP contribution in [0.25, 0.3) is 0 Å². The third-order valence-electron chi connectivity index (χ3n) is 3.60. The summed E-state index contributed by atoms with van der Waals surface area (Å²) in [4.78, 5) is 11.1. The first kappa shape index (κ1) is 17.8. The number of halogens is 1. The predicted molar refractivity (Wildman–Crippen MR) is 63.0 cm³/mol. The highest BCUT2D eigenvalue weighted by atomic mass is 35.5. The van der Waals surface area contributed by atoms with Crippen LogP contribution in [0.2, 0.25) is 0 Å². The van der Waals surface area contributed by atoms with E-state index in [0.717, 1.165) is 19.3 Å². The van der Waals surface area contributed by atoms with Gasteiger partial charge in [0.1, 0.15) is 5.54 Å². The molecule has 0 aromatic heterocycles. The Kier molecular flexibility index (Phi) is 9.58. The van der Waals surface area contributed by atoms with Gasteiger partial charge in [0.15, 0.2) is 0 Å². The lowest BCUT2D eigenvalue weighted by molar-refractivity contribution is -0.773. The minimum absolute atomic E-state index is 0. The molecule has 0 aliphatic carbocycles. The molecule has 0 aromatic rings. The summed E-state index contributed by atoms with van der Waals surface area (Å²) in [6.07, 6.45) is 4.54. The minimum Gasteiger partial charge on any atom is -1.00 e. The van der Waals surface area contributed by atoms with Crippen molar-refractivity contribution in [2.45, 2.75) is 52.5 Å². The van der Waals surface area contributed by atoms with Crippen molar-refractivity contribution in [3.8, 4) is 0 Å². The van der Waals surface area contributed by atoms with Crippen LogP contribution in [0.15, 0.2) is 12.7 Å². The molecule has 3 N–H and O–H groups in total. The highest BCUT2D eigenvalue weighted by Gasteiger charge is 2.36. The Morgan fingerprint density at radius 1 is 1.44 bits per heavy atom. The van der Waals surface area contributed by atoms with E-state index in [4.69, 9.17) is 0 Å². The zero-order valence-electron chi connectivity index (χ0n) is 10.8. The van der Waals surface area contributed by atoms with Crippen LogP contribution in [0.3, 0.4) is 0 Å². The third-order valence-corrected chi connectivity index (χ3v) is 3.60. The lowest BCUT2D eigenvalue weighted by atomic mass is 9.79. The zero-order valence-corrected chi connectivity index (χ0v) is 11.6. The zero-order chi connectivity index (χ0) is 11.9. The summed E-state index contributed by atoms with van der Waals surface area (Å²) >= 11 is 0. The maximum atomic E-state index is 11.1. The van der Waals surface area contributed by atoms with Gasteiger partial charge in [-0.3, -0.25) is 4.79 Å². The topological polar surface area (TPSA) is 45.7 Å². The second kappa shape index (κ2) is 8.59. The molecule has 0 rings (SSSR count). The summed E-state index contributed by atoms with van der Waals surface area (Å²) in [6, 6.07) is 0. The number of quaternary nitrogens is 1. The third kappa shape index (κ3) is 4.54. The smallest absolute Gasteiger partial charge is 0.287 e. The van der Waals surface area contributed by atoms with Crippen molar-refractivity contribution in [2.75, 3.05) is 0 Å². The van der Waals surface area contributed by atoms with Gasteiger partial charge in [0.2, 0.25) is 0 Å². The first-order valence-electron chi connectivity index (χ1n) is 5.83. The van der Waals surface area contributed by atoms with Crippen molar-refractivity contribution >= 4 is 5.91 Å². The largest absolute Gasteiger partial charge is 1.00 e. The van der Waals surface area contributed by atoms with E-state index in [-0.39, 0.29) is 23.9 Å². The van der Waals surface area contributed by atoms with Gasteiger partial charge < -0.3 is 12.4 Å². The van der Waals surface area contributed by atoms with Crippen LogP contribution in [0.4, 0.5) is 0 Å². The molecular formula is C12H25ClN2O. The number of hydrogen-bond acceptors (Lipinski definition) is 1. The molecule has 0 radical (unpaired) electrons. The SMILES string of the molecule is C=CC(=O)N[NH2+]C(CC)(CC)C(C)CC.[Cl-]. The van der Waals surface area contributed by atoms with Gasteiger partial charge in [0.25, 0.3) is 5.91 Å². The first-order chi connectivity index (χ1) is 7.06. The van der Waals surface area contributed by atoms with E-state index in [1.165, 1.54) is 6.08 Å². The monoisotopic (exact) mass is 248 g/mol. The van der Waals surface area contributed by atoms with Crippen molar-refractivity contribution in [1.82, 2.24) is 5.43 Å². The van der Waals surface area contributed by atoms with Crippen LogP contribution < -0.4 is 23.3 Å². The van der Waals surface area contributed by atoms with Gasteiger partial charge in [-0.2, -0.15) is 0 Å². The van der Waals surface area contributed by atoms with E-state index in [9.17, 15) is 4.79 Å². The quantitative estimate of drug-likeness (QED) is 0.242. The minimum atomic E-state index is -0.121. The summed E-state index contributed by atoms with van der Waals surface area (Å²) in [6.45, 7) is 12.2. The average Bonchev–Trinajstić information content (AvgIpc) is 2.29. The maximum Gasteiger partial charge on any atom is 0.287 e. The van der Waals surface area contributed by atoms with E-state index in [1.54, 1.807) is 0 Å². The normalized spacial score (nSPS) is 12.5. The van der Waals surface area contributed by atoms with Crippen LogP contribution in [0, 0.1) is 5.92 Å². The van der Waals surface area contributed by atoms with Gasteiger partial charge in [-0.1, -0.05) is 34.3 Å². The molecule has 96 valence electrons. The fraction of sp³-hybridized carbons (Fsp3) is 0.750. The lowest BCUT2D eigenvalue weighted by Crippen LogP contribution is -3.05.